The molecule has 2 nitrogen and oxygen atoms in total. The van der Waals surface area contributed by atoms with E-state index in [1.54, 1.807) is 19.2 Å². The van der Waals surface area contributed by atoms with Crippen LogP contribution in [0, 0.1) is 0 Å². The summed E-state index contributed by atoms with van der Waals surface area (Å²) >= 11 is 0. The van der Waals surface area contributed by atoms with Crippen LogP contribution in [0.5, 0.6) is 11.5 Å². The molecule has 0 aromatic heterocycles. The fourth-order valence-corrected chi connectivity index (χ4v) is 2.07. The van der Waals surface area contributed by atoms with Gasteiger partial charge in [-0.25, -0.2) is 0 Å². The van der Waals surface area contributed by atoms with Crippen molar-refractivity contribution in [2.24, 2.45) is 0 Å². The van der Waals surface area contributed by atoms with E-state index >= 15 is 0 Å². The van der Waals surface area contributed by atoms with E-state index in [0.29, 0.717) is 0 Å². The third-order valence-corrected chi connectivity index (χ3v) is 3.22. The molecule has 20 heavy (non-hydrogen) atoms. The van der Waals surface area contributed by atoms with Gasteiger partial charge < -0.3 is 9.84 Å². The maximum absolute atomic E-state index is 9.63. The van der Waals surface area contributed by atoms with Crippen LogP contribution in [-0.2, 0) is 5.41 Å². The Morgan fingerprint density at radius 1 is 1.00 bits per heavy atom. The number of benzene rings is 2. The van der Waals surface area contributed by atoms with Gasteiger partial charge in [0.1, 0.15) is 11.5 Å². The molecule has 0 atom stereocenters. The molecule has 1 N–H and O–H groups in total. The number of phenols is 1. The summed E-state index contributed by atoms with van der Waals surface area (Å²) in [7, 11) is 1.67. The Morgan fingerprint density at radius 2 is 1.70 bits per heavy atom. The van der Waals surface area contributed by atoms with E-state index in [-0.39, 0.29) is 18.6 Å². The smallest absolute Gasteiger partial charge is 0.126 e. The van der Waals surface area contributed by atoms with Crippen LogP contribution in [0.15, 0.2) is 42.5 Å². The molecule has 2 rings (SSSR count). The highest BCUT2D eigenvalue weighted by Crippen LogP contribution is 2.35. The van der Waals surface area contributed by atoms with Crippen molar-refractivity contribution in [3.63, 3.8) is 0 Å². The van der Waals surface area contributed by atoms with Crippen molar-refractivity contribution in [1.29, 1.82) is 0 Å². The standard InChI is InChI=1S/C17H20O2.CH4/c1-17(2,3)13-8-9-16(19-4)15(11-13)12-6-5-7-14(18)10-12;/h5-11,18H,1-4H3;1H4. The third-order valence-electron chi connectivity index (χ3n) is 3.22. The van der Waals surface area contributed by atoms with E-state index in [0.717, 1.165) is 16.9 Å². The van der Waals surface area contributed by atoms with E-state index < -0.39 is 0 Å². The van der Waals surface area contributed by atoms with Gasteiger partial charge >= 0.3 is 0 Å². The molecular weight excluding hydrogens is 248 g/mol. The predicted molar refractivity (Wildman–Crippen MR) is 85.5 cm³/mol. The van der Waals surface area contributed by atoms with E-state index in [1.165, 1.54) is 5.56 Å². The summed E-state index contributed by atoms with van der Waals surface area (Å²) in [6.07, 6.45) is 0. The van der Waals surface area contributed by atoms with Gasteiger partial charge in [-0.2, -0.15) is 0 Å². The zero-order valence-corrected chi connectivity index (χ0v) is 11.9. The Morgan fingerprint density at radius 3 is 2.25 bits per heavy atom. The van der Waals surface area contributed by atoms with Crippen LogP contribution < -0.4 is 4.74 Å². The minimum absolute atomic E-state index is 0. The molecule has 0 saturated carbocycles. The Kier molecular flexibility index (Phi) is 4.83. The highest BCUT2D eigenvalue weighted by Gasteiger charge is 2.16. The number of phenolic OH excluding ortho intramolecular Hbond substituents is 1. The molecule has 0 unspecified atom stereocenters. The van der Waals surface area contributed by atoms with Gasteiger partial charge in [0, 0.05) is 5.56 Å². The average molecular weight is 272 g/mol. The van der Waals surface area contributed by atoms with Gasteiger partial charge in [0.25, 0.3) is 0 Å². The van der Waals surface area contributed by atoms with Gasteiger partial charge in [0.2, 0.25) is 0 Å². The molecule has 2 heteroatoms. The predicted octanol–water partition coefficient (Wildman–Crippen LogP) is 5.00. The summed E-state index contributed by atoms with van der Waals surface area (Å²) in [6.45, 7) is 6.54. The summed E-state index contributed by atoms with van der Waals surface area (Å²) in [5.74, 6) is 1.08. The van der Waals surface area contributed by atoms with Crippen LogP contribution in [0.1, 0.15) is 33.8 Å². The highest BCUT2D eigenvalue weighted by atomic mass is 16.5. The second kappa shape index (κ2) is 6.00. The lowest BCUT2D eigenvalue weighted by Crippen LogP contribution is -2.11. The zero-order valence-electron chi connectivity index (χ0n) is 11.9. The monoisotopic (exact) mass is 272 g/mol. The molecule has 0 spiro atoms. The molecule has 0 amide bonds. The van der Waals surface area contributed by atoms with Gasteiger partial charge in [-0.05, 0) is 40.8 Å². The Labute approximate surface area is 122 Å². The minimum Gasteiger partial charge on any atom is -0.508 e. The molecular formula is C18H24O2. The molecule has 0 fully saturated rings. The number of hydrogen-bond donors (Lipinski definition) is 1. The number of rotatable bonds is 2. The van der Waals surface area contributed by atoms with Crippen molar-refractivity contribution in [1.82, 2.24) is 0 Å². The van der Waals surface area contributed by atoms with E-state index in [1.807, 2.05) is 18.2 Å². The first kappa shape index (κ1) is 16.1. The van der Waals surface area contributed by atoms with Crippen LogP contribution in [0.3, 0.4) is 0 Å². The van der Waals surface area contributed by atoms with Crippen molar-refractivity contribution in [3.8, 4) is 22.6 Å². The highest BCUT2D eigenvalue weighted by molar-refractivity contribution is 5.72. The van der Waals surface area contributed by atoms with Crippen LogP contribution >= 0.6 is 0 Å². The van der Waals surface area contributed by atoms with Crippen molar-refractivity contribution >= 4 is 0 Å². The maximum Gasteiger partial charge on any atom is 0.126 e. The fourth-order valence-electron chi connectivity index (χ4n) is 2.07. The molecule has 0 bridgehead atoms. The number of hydrogen-bond acceptors (Lipinski definition) is 2. The second-order valence-electron chi connectivity index (χ2n) is 5.72. The van der Waals surface area contributed by atoms with E-state index in [4.69, 9.17) is 4.74 Å². The topological polar surface area (TPSA) is 29.5 Å². The molecule has 2 aromatic rings. The minimum atomic E-state index is 0. The van der Waals surface area contributed by atoms with E-state index in [9.17, 15) is 5.11 Å². The average Bonchev–Trinajstić information content (AvgIpc) is 2.37. The number of methoxy groups -OCH3 is 1. The molecule has 0 heterocycles. The first-order valence-corrected chi connectivity index (χ1v) is 6.40. The Hall–Kier alpha value is -1.96. The normalized spacial score (nSPS) is 10.8. The zero-order chi connectivity index (χ0) is 14.0. The Balaban J connectivity index is 0.00000200. The van der Waals surface area contributed by atoms with Crippen molar-refractivity contribution in [2.45, 2.75) is 33.6 Å². The molecule has 0 aliphatic rings. The summed E-state index contributed by atoms with van der Waals surface area (Å²) in [5.41, 5.74) is 3.29. The molecule has 0 radical (unpaired) electrons. The summed E-state index contributed by atoms with van der Waals surface area (Å²) < 4.78 is 5.43. The summed E-state index contributed by atoms with van der Waals surface area (Å²) in [4.78, 5) is 0. The lowest BCUT2D eigenvalue weighted by molar-refractivity contribution is 0.416. The lowest BCUT2D eigenvalue weighted by Gasteiger charge is -2.21. The van der Waals surface area contributed by atoms with Crippen LogP contribution in [0.2, 0.25) is 0 Å². The number of aromatic hydroxyl groups is 1. The van der Waals surface area contributed by atoms with Crippen LogP contribution in [0.4, 0.5) is 0 Å². The molecule has 0 saturated heterocycles. The van der Waals surface area contributed by atoms with Gasteiger partial charge in [-0.3, -0.25) is 0 Å². The molecule has 0 aliphatic carbocycles. The van der Waals surface area contributed by atoms with Crippen molar-refractivity contribution < 1.29 is 9.84 Å². The van der Waals surface area contributed by atoms with Gasteiger partial charge in [-0.15, -0.1) is 0 Å². The largest absolute Gasteiger partial charge is 0.508 e. The van der Waals surface area contributed by atoms with Crippen molar-refractivity contribution in [3.05, 3.63) is 48.0 Å². The van der Waals surface area contributed by atoms with Crippen LogP contribution in [0.25, 0.3) is 11.1 Å². The third kappa shape index (κ3) is 3.32. The summed E-state index contributed by atoms with van der Waals surface area (Å²) in [5, 5.41) is 9.63. The van der Waals surface area contributed by atoms with E-state index in [2.05, 4.69) is 32.9 Å². The van der Waals surface area contributed by atoms with Crippen molar-refractivity contribution in [2.75, 3.05) is 7.11 Å². The first-order valence-electron chi connectivity index (χ1n) is 6.40. The quantitative estimate of drug-likeness (QED) is 0.833. The lowest BCUT2D eigenvalue weighted by atomic mass is 9.85. The fraction of sp³-hybridized carbons (Fsp3) is 0.333. The molecule has 108 valence electrons. The first-order chi connectivity index (χ1) is 8.91. The SMILES string of the molecule is C.COc1ccc(C(C)(C)C)cc1-c1cccc(O)c1. The van der Waals surface area contributed by atoms with Crippen LogP contribution in [-0.4, -0.2) is 12.2 Å². The summed E-state index contributed by atoms with van der Waals surface area (Å²) in [6, 6.07) is 13.4. The maximum atomic E-state index is 9.63. The molecule has 0 aliphatic heterocycles. The number of ether oxygens (including phenoxy) is 1. The molecule has 2 aromatic carbocycles. The van der Waals surface area contributed by atoms with Gasteiger partial charge in [-0.1, -0.05) is 46.4 Å². The van der Waals surface area contributed by atoms with Gasteiger partial charge in [0.15, 0.2) is 0 Å². The van der Waals surface area contributed by atoms with Gasteiger partial charge in [0.05, 0.1) is 7.11 Å². The Bertz CT molecular complexity index is 580. The second-order valence-corrected chi connectivity index (χ2v) is 5.72.